The van der Waals surface area contributed by atoms with E-state index in [1.165, 1.54) is 86.8 Å². The molecule has 11 rings (SSSR count). The fraction of sp³-hybridized carbons (Fsp3) is 0.290. The number of aromatic nitrogens is 1. The monoisotopic (exact) mass is 909 g/mol. The van der Waals surface area contributed by atoms with Gasteiger partial charge in [-0.3, -0.25) is 0 Å². The van der Waals surface area contributed by atoms with E-state index in [0.717, 1.165) is 34.2 Å². The number of thiophene rings is 1. The molecule has 0 aliphatic carbocycles. The number of hydrogen-bond acceptors (Lipinski definition) is 4. The van der Waals surface area contributed by atoms with Crippen LogP contribution < -0.4 is 30.2 Å². The fourth-order valence-electron chi connectivity index (χ4n) is 10.8. The lowest BCUT2D eigenvalue weighted by molar-refractivity contribution is 0.494. The van der Waals surface area contributed by atoms with Crippen molar-refractivity contribution in [3.05, 3.63) is 161 Å². The molecule has 0 saturated carbocycles. The minimum Gasteiger partial charge on any atom is -0.457 e. The molecule has 2 aromatic heterocycles. The summed E-state index contributed by atoms with van der Waals surface area (Å²) in [4.78, 5) is 5.04. The molecule has 9 aromatic rings. The number of fused-ring (bicyclic) bond motifs is 9. The second-order valence-corrected chi connectivity index (χ2v) is 24.8. The second kappa shape index (κ2) is 15.1. The predicted molar refractivity (Wildman–Crippen MR) is 296 cm³/mol. The van der Waals surface area contributed by atoms with Gasteiger partial charge in [-0.05, 0) is 140 Å². The third kappa shape index (κ3) is 7.08. The average Bonchev–Trinajstić information content (AvgIpc) is 3.79. The van der Waals surface area contributed by atoms with Crippen LogP contribution in [0.3, 0.4) is 0 Å². The summed E-state index contributed by atoms with van der Waals surface area (Å²) in [6, 6.07) is 51.2. The predicted octanol–water partition coefficient (Wildman–Crippen LogP) is 15.9. The Balaban J connectivity index is 1.22. The van der Waals surface area contributed by atoms with Crippen LogP contribution in [0, 0.1) is 6.92 Å². The van der Waals surface area contributed by atoms with E-state index >= 15 is 0 Å². The summed E-state index contributed by atoms with van der Waals surface area (Å²) >= 11 is 1.90. The maximum atomic E-state index is 7.30. The van der Waals surface area contributed by atoms with Crippen LogP contribution in [0.5, 0.6) is 11.5 Å². The lowest BCUT2D eigenvalue weighted by Gasteiger charge is -2.41. The van der Waals surface area contributed by atoms with E-state index in [-0.39, 0.29) is 28.4 Å². The number of para-hydroxylation sites is 1. The van der Waals surface area contributed by atoms with Gasteiger partial charge in [-0.25, -0.2) is 0 Å². The molecular weight excluding hydrogens is 846 g/mol. The van der Waals surface area contributed by atoms with Gasteiger partial charge in [0.25, 0.3) is 6.71 Å². The van der Waals surface area contributed by atoms with Gasteiger partial charge in [0.15, 0.2) is 0 Å². The first kappa shape index (κ1) is 44.3. The zero-order valence-corrected chi connectivity index (χ0v) is 43.3. The van der Waals surface area contributed by atoms with E-state index < -0.39 is 0 Å². The van der Waals surface area contributed by atoms with Crippen molar-refractivity contribution >= 4 is 99.8 Å². The van der Waals surface area contributed by atoms with Crippen molar-refractivity contribution in [2.24, 2.45) is 7.05 Å². The molecule has 0 N–H and O–H groups in total. The normalized spacial score (nSPS) is 13.8. The van der Waals surface area contributed by atoms with Crippen molar-refractivity contribution in [2.75, 3.05) is 9.80 Å². The third-order valence-electron chi connectivity index (χ3n) is 14.7. The van der Waals surface area contributed by atoms with Crippen molar-refractivity contribution in [1.29, 1.82) is 0 Å². The number of benzene rings is 7. The topological polar surface area (TPSA) is 20.6 Å². The molecule has 0 bridgehead atoms. The van der Waals surface area contributed by atoms with Gasteiger partial charge in [0.05, 0.1) is 11.2 Å². The molecule has 0 unspecified atom stereocenters. The minimum absolute atomic E-state index is 0.00120. The van der Waals surface area contributed by atoms with Crippen LogP contribution in [0.25, 0.3) is 31.9 Å². The summed E-state index contributed by atoms with van der Waals surface area (Å²) in [6.07, 6.45) is 0. The number of rotatable bonds is 4. The fourth-order valence-corrected chi connectivity index (χ4v) is 12.0. The highest BCUT2D eigenvalue weighted by Crippen LogP contribution is 2.50. The molecule has 68 heavy (non-hydrogen) atoms. The second-order valence-electron chi connectivity index (χ2n) is 23.7. The summed E-state index contributed by atoms with van der Waals surface area (Å²) in [5.41, 5.74) is 18.2. The highest BCUT2D eigenvalue weighted by molar-refractivity contribution is 7.33. The number of anilines is 6. The number of ether oxygens (including phenoxy) is 1. The van der Waals surface area contributed by atoms with Crippen molar-refractivity contribution in [3.63, 3.8) is 0 Å². The number of aryl methyl sites for hydroxylation is 2. The van der Waals surface area contributed by atoms with Crippen molar-refractivity contribution in [2.45, 2.75) is 112 Å². The van der Waals surface area contributed by atoms with Gasteiger partial charge >= 0.3 is 0 Å². The number of hydrogen-bond donors (Lipinski definition) is 0. The van der Waals surface area contributed by atoms with Crippen molar-refractivity contribution in [3.8, 4) is 11.5 Å². The molecule has 0 amide bonds. The number of nitrogens with zero attached hydrogens (tertiary/aromatic N) is 3. The zero-order valence-electron chi connectivity index (χ0n) is 42.4. The zero-order chi connectivity index (χ0) is 48.0. The Labute approximate surface area is 408 Å². The molecule has 0 fully saturated rings. The summed E-state index contributed by atoms with van der Waals surface area (Å²) in [7, 11) is 2.24. The quantitative estimate of drug-likeness (QED) is 0.164. The lowest BCUT2D eigenvalue weighted by Crippen LogP contribution is -2.58. The molecule has 6 heteroatoms. The first-order chi connectivity index (χ1) is 32.1. The Kier molecular flexibility index (Phi) is 9.85. The Morgan fingerprint density at radius 2 is 1.09 bits per heavy atom. The smallest absolute Gasteiger partial charge is 0.268 e. The first-order valence-corrected chi connectivity index (χ1v) is 25.2. The first-order valence-electron chi connectivity index (χ1n) is 24.4. The van der Waals surface area contributed by atoms with E-state index in [2.05, 4.69) is 245 Å². The Bertz CT molecular complexity index is 3430. The molecular formula is C62H64BN3OS. The average molecular weight is 910 g/mol. The van der Waals surface area contributed by atoms with Gasteiger partial charge in [-0.1, -0.05) is 144 Å². The van der Waals surface area contributed by atoms with Gasteiger partial charge < -0.3 is 19.1 Å². The van der Waals surface area contributed by atoms with Crippen LogP contribution in [-0.2, 0) is 28.7 Å². The van der Waals surface area contributed by atoms with E-state index in [9.17, 15) is 0 Å². The summed E-state index contributed by atoms with van der Waals surface area (Å²) in [5, 5.41) is 3.65. The van der Waals surface area contributed by atoms with E-state index in [1.807, 2.05) is 11.3 Å². The molecule has 4 heterocycles. The molecule has 0 atom stereocenters. The molecule has 4 nitrogen and oxygen atoms in total. The van der Waals surface area contributed by atoms with Crippen molar-refractivity contribution < 1.29 is 4.74 Å². The highest BCUT2D eigenvalue weighted by Gasteiger charge is 2.45. The van der Waals surface area contributed by atoms with Gasteiger partial charge in [-0.2, -0.15) is 0 Å². The molecule has 2 aliphatic rings. The SMILES string of the molecule is Cc1cc2c3c(c1)N(c1cc(N(c4ccc(C(C)(C)C)cc4)c4ccc(C(C)(C)C)cc4)cc4c5ccccc5n(C)c14)c1ccc(C(C)(C)C)cc1B3c1sc3ccc(C(C)(C)C)cc3c1O2. The van der Waals surface area contributed by atoms with E-state index in [0.29, 0.717) is 0 Å². The van der Waals surface area contributed by atoms with Crippen LogP contribution in [0.15, 0.2) is 133 Å². The largest absolute Gasteiger partial charge is 0.457 e. The van der Waals surface area contributed by atoms with Crippen molar-refractivity contribution in [1.82, 2.24) is 4.57 Å². The minimum atomic E-state index is -0.0549. The Morgan fingerprint density at radius 3 is 1.71 bits per heavy atom. The lowest BCUT2D eigenvalue weighted by atomic mass is 9.36. The van der Waals surface area contributed by atoms with E-state index in [4.69, 9.17) is 4.74 Å². The van der Waals surface area contributed by atoms with E-state index in [1.54, 1.807) is 0 Å². The molecule has 342 valence electrons. The highest BCUT2D eigenvalue weighted by atomic mass is 32.1. The van der Waals surface area contributed by atoms with Crippen LogP contribution >= 0.6 is 11.3 Å². The molecule has 0 radical (unpaired) electrons. The Morgan fingerprint density at radius 1 is 0.515 bits per heavy atom. The summed E-state index contributed by atoms with van der Waals surface area (Å²) in [6.45, 7) is 29.8. The summed E-state index contributed by atoms with van der Waals surface area (Å²) in [5.74, 6) is 1.95. The third-order valence-corrected chi connectivity index (χ3v) is 15.9. The van der Waals surface area contributed by atoms with Crippen LogP contribution in [-0.4, -0.2) is 11.3 Å². The molecule has 7 aromatic carbocycles. The van der Waals surface area contributed by atoms with Crippen LogP contribution in [0.2, 0.25) is 0 Å². The molecule has 0 spiro atoms. The maximum absolute atomic E-state index is 7.30. The molecule has 2 aliphatic heterocycles. The van der Waals surface area contributed by atoms with Gasteiger partial charge in [0.1, 0.15) is 11.5 Å². The van der Waals surface area contributed by atoms with Gasteiger partial charge in [-0.15, -0.1) is 11.3 Å². The standard InChI is InChI=1S/C62H64BN3OS/c1-37-31-51-55-53(32-37)67-57-47-33-40(61(8,9)10)24-30-54(47)68-58(57)63(55)48-34-41(62(11,12)13)23-29-50(48)66(51)52-36-44(35-46-45-17-15-16-18-49(45)64(14)56(46)52)65(42-25-19-38(20-26-42)59(2,3)4)43-27-21-39(22-28-43)60(5,6)7/h15-36H,1-14H3. The van der Waals surface area contributed by atoms with Crippen LogP contribution in [0.1, 0.15) is 111 Å². The van der Waals surface area contributed by atoms with Gasteiger partial charge in [0, 0.05) is 66.6 Å². The summed E-state index contributed by atoms with van der Waals surface area (Å²) < 4.78 is 12.3. The van der Waals surface area contributed by atoms with Crippen LogP contribution in [0.4, 0.5) is 34.1 Å². The molecule has 0 saturated heterocycles. The maximum Gasteiger partial charge on any atom is 0.268 e. The van der Waals surface area contributed by atoms with Gasteiger partial charge in [0.2, 0.25) is 0 Å². The Hall–Kier alpha value is -6.24.